The van der Waals surface area contributed by atoms with E-state index >= 15 is 0 Å². The van der Waals surface area contributed by atoms with Crippen molar-refractivity contribution < 1.29 is 38.1 Å². The van der Waals surface area contributed by atoms with Crippen molar-refractivity contribution in [3.05, 3.63) is 59.7 Å². The Morgan fingerprint density at radius 1 is 0.556 bits per heavy atom. The number of rotatable bonds is 15. The third-order valence-electron chi connectivity index (χ3n) is 5.12. The third-order valence-corrected chi connectivity index (χ3v) is 5.12. The Morgan fingerprint density at radius 2 is 0.917 bits per heavy atom. The molecule has 0 N–H and O–H groups in total. The van der Waals surface area contributed by atoms with Crippen LogP contribution in [0.15, 0.2) is 48.5 Å². The summed E-state index contributed by atoms with van der Waals surface area (Å²) in [5.41, 5.74) is 0.789. The molecule has 0 heterocycles. The van der Waals surface area contributed by atoms with Gasteiger partial charge in [-0.3, -0.25) is 9.59 Å². The van der Waals surface area contributed by atoms with Crippen LogP contribution >= 0.6 is 0 Å². The lowest BCUT2D eigenvalue weighted by Gasteiger charge is -2.07. The highest BCUT2D eigenvalue weighted by Crippen LogP contribution is 2.16. The Hall–Kier alpha value is -3.68. The van der Waals surface area contributed by atoms with E-state index in [1.807, 2.05) is 13.8 Å². The van der Waals surface area contributed by atoms with Gasteiger partial charge >= 0.3 is 23.9 Å². The molecule has 0 spiro atoms. The van der Waals surface area contributed by atoms with Gasteiger partial charge in [0.05, 0.1) is 24.3 Å². The van der Waals surface area contributed by atoms with E-state index in [4.69, 9.17) is 18.9 Å². The van der Waals surface area contributed by atoms with Crippen molar-refractivity contribution in [3.63, 3.8) is 0 Å². The number of benzene rings is 2. The molecule has 194 valence electrons. The predicted octanol–water partition coefficient (Wildman–Crippen LogP) is 5.67. The minimum absolute atomic E-state index is 0.142. The van der Waals surface area contributed by atoms with Gasteiger partial charge in [0.2, 0.25) is 0 Å². The molecule has 2 aromatic rings. The monoisotopic (exact) mass is 498 g/mol. The highest BCUT2D eigenvalue weighted by Gasteiger charge is 2.11. The first-order valence-electron chi connectivity index (χ1n) is 12.4. The molecule has 0 amide bonds. The molecule has 36 heavy (non-hydrogen) atoms. The smallest absolute Gasteiger partial charge is 0.338 e. The van der Waals surface area contributed by atoms with E-state index in [1.165, 1.54) is 0 Å². The molecule has 0 aliphatic rings. The van der Waals surface area contributed by atoms with Gasteiger partial charge in [-0.2, -0.15) is 0 Å². The van der Waals surface area contributed by atoms with E-state index in [1.54, 1.807) is 48.5 Å². The summed E-state index contributed by atoms with van der Waals surface area (Å²) in [7, 11) is 0. The largest absolute Gasteiger partial charge is 0.462 e. The van der Waals surface area contributed by atoms with Gasteiger partial charge in [0.25, 0.3) is 0 Å². The lowest BCUT2D eigenvalue weighted by atomic mass is 10.2. The third kappa shape index (κ3) is 10.7. The first-order chi connectivity index (χ1) is 17.4. The molecule has 2 aromatic carbocycles. The number of hydrogen-bond acceptors (Lipinski definition) is 8. The average molecular weight is 499 g/mol. The van der Waals surface area contributed by atoms with Gasteiger partial charge in [-0.1, -0.05) is 26.7 Å². The zero-order valence-corrected chi connectivity index (χ0v) is 21.0. The average Bonchev–Trinajstić information content (AvgIpc) is 2.87. The molecule has 0 aromatic heterocycles. The van der Waals surface area contributed by atoms with E-state index in [0.717, 1.165) is 25.7 Å². The Kier molecular flexibility index (Phi) is 12.8. The van der Waals surface area contributed by atoms with Crippen LogP contribution < -0.4 is 9.47 Å². The van der Waals surface area contributed by atoms with Crippen molar-refractivity contribution in [2.75, 3.05) is 13.2 Å². The van der Waals surface area contributed by atoms with Crippen molar-refractivity contribution in [2.45, 2.75) is 65.2 Å². The van der Waals surface area contributed by atoms with Crippen LogP contribution in [0.5, 0.6) is 11.5 Å². The number of hydrogen-bond donors (Lipinski definition) is 0. The maximum atomic E-state index is 12.0. The zero-order valence-electron chi connectivity index (χ0n) is 21.0. The van der Waals surface area contributed by atoms with Gasteiger partial charge in [0, 0.05) is 12.8 Å². The predicted molar refractivity (Wildman–Crippen MR) is 133 cm³/mol. The van der Waals surface area contributed by atoms with E-state index in [2.05, 4.69) is 0 Å². The van der Waals surface area contributed by atoms with Crippen molar-refractivity contribution in [1.82, 2.24) is 0 Å². The van der Waals surface area contributed by atoms with Gasteiger partial charge < -0.3 is 18.9 Å². The number of ether oxygens (including phenoxy) is 4. The lowest BCUT2D eigenvalue weighted by molar-refractivity contribution is -0.136. The van der Waals surface area contributed by atoms with E-state index in [-0.39, 0.29) is 12.8 Å². The molecule has 0 unspecified atom stereocenters. The zero-order chi connectivity index (χ0) is 26.2. The van der Waals surface area contributed by atoms with Crippen molar-refractivity contribution in [3.8, 4) is 11.5 Å². The Labute approximate surface area is 211 Å². The summed E-state index contributed by atoms with van der Waals surface area (Å²) >= 11 is 0. The van der Waals surface area contributed by atoms with Crippen LogP contribution in [0.2, 0.25) is 0 Å². The second kappa shape index (κ2) is 16.1. The van der Waals surface area contributed by atoms with E-state index in [9.17, 15) is 19.2 Å². The number of carbonyl (C=O) groups excluding carboxylic acids is 4. The van der Waals surface area contributed by atoms with Crippen molar-refractivity contribution >= 4 is 23.9 Å². The molecule has 0 aliphatic carbocycles. The van der Waals surface area contributed by atoms with Crippen LogP contribution in [0.4, 0.5) is 0 Å². The molecule has 0 saturated heterocycles. The standard InChI is InChI=1S/C28H34O8/c1-3-5-19-33-27(31)21-11-15-23(16-12-21)35-25(29)9-7-8-10-26(30)36-24-17-13-22(14-18-24)28(32)34-20-6-4-2/h11-18H,3-10,19-20H2,1-2H3. The van der Waals surface area contributed by atoms with Crippen LogP contribution in [0.25, 0.3) is 0 Å². The fraction of sp³-hybridized carbons (Fsp3) is 0.429. The molecule has 0 bridgehead atoms. The summed E-state index contributed by atoms with van der Waals surface area (Å²) in [5, 5.41) is 0. The maximum absolute atomic E-state index is 12.0. The Bertz CT molecular complexity index is 898. The summed E-state index contributed by atoms with van der Waals surface area (Å²) < 4.78 is 20.8. The second-order valence-electron chi connectivity index (χ2n) is 8.18. The Morgan fingerprint density at radius 3 is 1.25 bits per heavy atom. The maximum Gasteiger partial charge on any atom is 0.338 e. The summed E-state index contributed by atoms with van der Waals surface area (Å²) in [4.78, 5) is 47.9. The fourth-order valence-corrected chi connectivity index (χ4v) is 3.01. The Balaban J connectivity index is 1.64. The fourth-order valence-electron chi connectivity index (χ4n) is 3.01. The lowest BCUT2D eigenvalue weighted by Crippen LogP contribution is -2.11. The topological polar surface area (TPSA) is 105 Å². The quantitative estimate of drug-likeness (QED) is 0.176. The molecule has 0 atom stereocenters. The van der Waals surface area contributed by atoms with E-state index in [0.29, 0.717) is 48.7 Å². The molecule has 8 heteroatoms. The molecular weight excluding hydrogens is 464 g/mol. The summed E-state index contributed by atoms with van der Waals surface area (Å²) in [6, 6.07) is 12.4. The highest BCUT2D eigenvalue weighted by molar-refractivity contribution is 5.90. The number of esters is 4. The minimum Gasteiger partial charge on any atom is -0.462 e. The van der Waals surface area contributed by atoms with Gasteiger partial charge in [0.1, 0.15) is 11.5 Å². The molecule has 8 nitrogen and oxygen atoms in total. The van der Waals surface area contributed by atoms with Crippen LogP contribution in [0, 0.1) is 0 Å². The summed E-state index contributed by atoms with van der Waals surface area (Å²) in [6.45, 7) is 4.78. The molecule has 0 saturated carbocycles. The SMILES string of the molecule is CCCCOC(=O)c1ccc(OC(=O)CCCCC(=O)Oc2ccc(C(=O)OCCCC)cc2)cc1. The van der Waals surface area contributed by atoms with Crippen LogP contribution in [-0.4, -0.2) is 37.1 Å². The van der Waals surface area contributed by atoms with Gasteiger partial charge in [-0.05, 0) is 74.2 Å². The molecule has 0 radical (unpaired) electrons. The number of carbonyl (C=O) groups is 4. The first kappa shape index (κ1) is 28.6. The molecule has 0 fully saturated rings. The summed E-state index contributed by atoms with van der Waals surface area (Å²) in [5.74, 6) is -1.00. The van der Waals surface area contributed by atoms with Gasteiger partial charge in [-0.15, -0.1) is 0 Å². The second-order valence-corrected chi connectivity index (χ2v) is 8.18. The van der Waals surface area contributed by atoms with Crippen LogP contribution in [-0.2, 0) is 19.1 Å². The molecule has 2 rings (SSSR count). The molecule has 0 aliphatic heterocycles. The molecular formula is C28H34O8. The normalized spacial score (nSPS) is 10.4. The van der Waals surface area contributed by atoms with Crippen LogP contribution in [0.3, 0.4) is 0 Å². The van der Waals surface area contributed by atoms with Gasteiger partial charge in [0.15, 0.2) is 0 Å². The van der Waals surface area contributed by atoms with Crippen LogP contribution in [0.1, 0.15) is 85.9 Å². The van der Waals surface area contributed by atoms with Gasteiger partial charge in [-0.25, -0.2) is 9.59 Å². The first-order valence-corrected chi connectivity index (χ1v) is 12.4. The van der Waals surface area contributed by atoms with E-state index < -0.39 is 23.9 Å². The minimum atomic E-state index is -0.428. The van der Waals surface area contributed by atoms with Crippen molar-refractivity contribution in [2.24, 2.45) is 0 Å². The number of unbranched alkanes of at least 4 members (excludes halogenated alkanes) is 3. The van der Waals surface area contributed by atoms with Crippen molar-refractivity contribution in [1.29, 1.82) is 0 Å². The summed E-state index contributed by atoms with van der Waals surface area (Å²) in [6.07, 6.45) is 4.70. The highest BCUT2D eigenvalue weighted by atomic mass is 16.5.